The largest absolute Gasteiger partial charge is 0.504 e. The number of methoxy groups -OCH3 is 1. The molecule has 0 bridgehead atoms. The molecule has 3 aromatic rings. The molecule has 3 aromatic carbocycles. The van der Waals surface area contributed by atoms with Gasteiger partial charge in [0, 0.05) is 11.5 Å². The normalized spacial score (nSPS) is 29.4. The number of nitrogens with one attached hydrogen (secondary N) is 2. The maximum absolute atomic E-state index is 15.0. The number of ether oxygens (including phenoxy) is 1. The Bertz CT molecular complexity index is 1700. The van der Waals surface area contributed by atoms with Gasteiger partial charge in [0.15, 0.2) is 11.5 Å². The Kier molecular flexibility index (Phi) is 6.16. The minimum atomic E-state index is -1.45. The Hall–Kier alpha value is -4.92. The SMILES string of the molecule is COc1cccc(C2C3=CCC4C(=O)NC(=O)C4C3CC3C(=O)N(Nc4ccc(C)cc4)C(=O)C32c2ccccc2)c1O. The fraction of sp³-hybridized carbons (Fsp3) is 0.294. The van der Waals surface area contributed by atoms with Crippen LogP contribution >= 0.6 is 0 Å². The maximum Gasteiger partial charge on any atom is 0.260 e. The Morgan fingerprint density at radius 3 is 2.40 bits per heavy atom. The van der Waals surface area contributed by atoms with Crippen LogP contribution in [-0.4, -0.2) is 40.9 Å². The average Bonchev–Trinajstić information content (AvgIpc) is 3.43. The quantitative estimate of drug-likeness (QED) is 0.310. The van der Waals surface area contributed by atoms with Crippen molar-refractivity contribution in [1.82, 2.24) is 10.3 Å². The Morgan fingerprint density at radius 1 is 0.930 bits per heavy atom. The van der Waals surface area contributed by atoms with Crippen LogP contribution in [0.5, 0.6) is 11.5 Å². The van der Waals surface area contributed by atoms with E-state index in [-0.39, 0.29) is 29.7 Å². The van der Waals surface area contributed by atoms with Crippen molar-refractivity contribution in [2.45, 2.75) is 31.1 Å². The zero-order valence-corrected chi connectivity index (χ0v) is 23.7. The minimum Gasteiger partial charge on any atom is -0.504 e. The van der Waals surface area contributed by atoms with Crippen LogP contribution in [0.3, 0.4) is 0 Å². The lowest BCUT2D eigenvalue weighted by Gasteiger charge is -2.50. The van der Waals surface area contributed by atoms with Crippen LogP contribution in [0.25, 0.3) is 0 Å². The number of hydrogen-bond acceptors (Lipinski definition) is 7. The number of phenols is 1. The van der Waals surface area contributed by atoms with Crippen molar-refractivity contribution in [1.29, 1.82) is 0 Å². The van der Waals surface area contributed by atoms with Gasteiger partial charge in [-0.3, -0.25) is 29.9 Å². The molecule has 3 N–H and O–H groups in total. The fourth-order valence-electron chi connectivity index (χ4n) is 7.94. The van der Waals surface area contributed by atoms with Crippen molar-refractivity contribution in [2.75, 3.05) is 12.5 Å². The van der Waals surface area contributed by atoms with E-state index in [4.69, 9.17) is 4.74 Å². The fourth-order valence-corrected chi connectivity index (χ4v) is 7.94. The summed E-state index contributed by atoms with van der Waals surface area (Å²) in [5, 5.41) is 15.1. The second-order valence-corrected chi connectivity index (χ2v) is 11.8. The van der Waals surface area contributed by atoms with E-state index < -0.39 is 46.8 Å². The Balaban J connectivity index is 1.49. The minimum absolute atomic E-state index is 0.134. The number of imide groups is 2. The van der Waals surface area contributed by atoms with Crippen molar-refractivity contribution >= 4 is 29.3 Å². The molecule has 4 aliphatic rings. The van der Waals surface area contributed by atoms with Crippen molar-refractivity contribution in [2.24, 2.45) is 23.7 Å². The van der Waals surface area contributed by atoms with Crippen LogP contribution in [0.4, 0.5) is 5.69 Å². The van der Waals surface area contributed by atoms with Gasteiger partial charge >= 0.3 is 0 Å². The van der Waals surface area contributed by atoms with Crippen LogP contribution in [0, 0.1) is 30.6 Å². The van der Waals surface area contributed by atoms with Gasteiger partial charge in [0.2, 0.25) is 11.8 Å². The highest BCUT2D eigenvalue weighted by Crippen LogP contribution is 2.64. The van der Waals surface area contributed by atoms with E-state index in [0.717, 1.165) is 16.1 Å². The van der Waals surface area contributed by atoms with E-state index in [2.05, 4.69) is 10.7 Å². The summed E-state index contributed by atoms with van der Waals surface area (Å²) in [5.74, 6) is -4.86. The number of benzene rings is 3. The Labute approximate surface area is 248 Å². The summed E-state index contributed by atoms with van der Waals surface area (Å²) in [6.45, 7) is 1.95. The van der Waals surface area contributed by atoms with E-state index in [9.17, 15) is 24.3 Å². The van der Waals surface area contributed by atoms with Crippen molar-refractivity contribution in [3.63, 3.8) is 0 Å². The molecule has 4 amide bonds. The van der Waals surface area contributed by atoms with E-state index in [0.29, 0.717) is 23.2 Å². The summed E-state index contributed by atoms with van der Waals surface area (Å²) in [4.78, 5) is 55.4. The molecule has 6 unspecified atom stereocenters. The van der Waals surface area contributed by atoms with Crippen molar-refractivity contribution in [3.05, 3.63) is 101 Å². The lowest BCUT2D eigenvalue weighted by atomic mass is 9.49. The van der Waals surface area contributed by atoms with Crippen molar-refractivity contribution in [3.8, 4) is 11.5 Å². The molecular formula is C34H31N3O6. The molecule has 0 aromatic heterocycles. The molecule has 43 heavy (non-hydrogen) atoms. The first-order valence-electron chi connectivity index (χ1n) is 14.4. The number of fused-ring (bicyclic) bond motifs is 4. The highest BCUT2D eigenvalue weighted by Gasteiger charge is 2.70. The lowest BCUT2D eigenvalue weighted by molar-refractivity contribution is -0.138. The summed E-state index contributed by atoms with van der Waals surface area (Å²) in [6.07, 6.45) is 2.46. The van der Waals surface area contributed by atoms with Crippen LogP contribution in [0.2, 0.25) is 0 Å². The first-order chi connectivity index (χ1) is 20.8. The molecule has 9 heteroatoms. The summed E-state index contributed by atoms with van der Waals surface area (Å²) in [5.41, 5.74) is 5.05. The van der Waals surface area contributed by atoms with E-state index in [1.807, 2.05) is 55.5 Å². The van der Waals surface area contributed by atoms with Gasteiger partial charge in [-0.2, -0.15) is 5.01 Å². The molecule has 3 fully saturated rings. The smallest absolute Gasteiger partial charge is 0.260 e. The third kappa shape index (κ3) is 3.77. The summed E-state index contributed by atoms with van der Waals surface area (Å²) >= 11 is 0. The number of aromatic hydroxyl groups is 1. The number of hydrogen-bond donors (Lipinski definition) is 3. The predicted molar refractivity (Wildman–Crippen MR) is 157 cm³/mol. The molecule has 7 rings (SSSR count). The number of rotatable bonds is 5. The average molecular weight is 578 g/mol. The molecule has 2 aliphatic carbocycles. The zero-order valence-electron chi connectivity index (χ0n) is 23.7. The van der Waals surface area contributed by atoms with E-state index in [1.165, 1.54) is 7.11 Å². The lowest BCUT2D eigenvalue weighted by Crippen LogP contribution is -2.53. The van der Waals surface area contributed by atoms with Crippen LogP contribution < -0.4 is 15.5 Å². The van der Waals surface area contributed by atoms with Gasteiger partial charge < -0.3 is 9.84 Å². The van der Waals surface area contributed by atoms with Gasteiger partial charge in [-0.1, -0.05) is 71.8 Å². The van der Waals surface area contributed by atoms with Gasteiger partial charge in [-0.05, 0) is 49.4 Å². The molecule has 0 radical (unpaired) electrons. The standard InChI is InChI=1S/C34H31N3O6/c1-18-11-13-20(14-12-18)36-37-32(41)25-17-24-21(15-16-22-27(24)31(40)35-30(22)39)28(23-9-6-10-26(43-2)29(23)38)34(25,33(37)42)19-7-4-3-5-8-19/h3-15,22,24-25,27-28,36,38H,16-17H2,1-2H3,(H,35,39,40). The monoisotopic (exact) mass is 577 g/mol. The molecule has 2 saturated heterocycles. The number of anilines is 1. The summed E-state index contributed by atoms with van der Waals surface area (Å²) in [7, 11) is 1.45. The third-order valence-electron chi connectivity index (χ3n) is 9.80. The van der Waals surface area contributed by atoms with Gasteiger partial charge in [-0.25, -0.2) is 0 Å². The third-order valence-corrected chi connectivity index (χ3v) is 9.80. The number of aryl methyl sites for hydroxylation is 1. The van der Waals surface area contributed by atoms with Gasteiger partial charge in [0.1, 0.15) is 0 Å². The van der Waals surface area contributed by atoms with Crippen LogP contribution in [-0.2, 0) is 24.6 Å². The van der Waals surface area contributed by atoms with Crippen LogP contribution in [0.15, 0.2) is 84.4 Å². The molecule has 2 heterocycles. The van der Waals surface area contributed by atoms with Gasteiger partial charge in [-0.15, -0.1) is 0 Å². The summed E-state index contributed by atoms with van der Waals surface area (Å²) in [6, 6.07) is 21.7. The topological polar surface area (TPSA) is 125 Å². The van der Waals surface area contributed by atoms with E-state index in [1.54, 1.807) is 30.3 Å². The second-order valence-electron chi connectivity index (χ2n) is 11.8. The number of carbonyl (C=O) groups excluding carboxylic acids is 4. The molecule has 9 nitrogen and oxygen atoms in total. The van der Waals surface area contributed by atoms with Gasteiger partial charge in [0.25, 0.3) is 11.8 Å². The maximum atomic E-state index is 15.0. The van der Waals surface area contributed by atoms with Crippen molar-refractivity contribution < 1.29 is 29.0 Å². The molecule has 2 aliphatic heterocycles. The summed E-state index contributed by atoms with van der Waals surface area (Å²) < 4.78 is 5.47. The number of phenolic OH excluding ortho intramolecular Hbond substituents is 1. The zero-order chi connectivity index (χ0) is 30.0. The number of amides is 4. The molecule has 6 atom stereocenters. The molecule has 0 spiro atoms. The first-order valence-corrected chi connectivity index (χ1v) is 14.4. The Morgan fingerprint density at radius 2 is 1.67 bits per heavy atom. The highest BCUT2D eigenvalue weighted by atomic mass is 16.5. The number of para-hydroxylation sites is 1. The van der Waals surface area contributed by atoms with E-state index >= 15 is 0 Å². The molecular weight excluding hydrogens is 546 g/mol. The highest BCUT2D eigenvalue weighted by molar-refractivity contribution is 6.13. The number of carbonyl (C=O) groups is 4. The number of hydrazine groups is 1. The second kappa shape index (κ2) is 9.83. The van der Waals surface area contributed by atoms with Crippen LogP contribution in [0.1, 0.15) is 35.4 Å². The molecule has 1 saturated carbocycles. The van der Waals surface area contributed by atoms with Gasteiger partial charge in [0.05, 0.1) is 36.0 Å². The molecule has 218 valence electrons. The predicted octanol–water partition coefficient (Wildman–Crippen LogP) is 3.98. The number of nitrogens with zero attached hydrogens (tertiary/aromatic N) is 1. The number of allylic oxidation sites excluding steroid dienone is 2. The first kappa shape index (κ1) is 26.9.